The molecule has 2 unspecified atom stereocenters. The number of rotatable bonds is 4. The van der Waals surface area contributed by atoms with Crippen LogP contribution in [0.4, 0.5) is 0 Å². The second-order valence-electron chi connectivity index (χ2n) is 9.97. The van der Waals surface area contributed by atoms with Crippen LogP contribution >= 0.6 is 0 Å². The van der Waals surface area contributed by atoms with E-state index in [-0.39, 0.29) is 11.3 Å². The highest BCUT2D eigenvalue weighted by atomic mass is 28.4. The summed E-state index contributed by atoms with van der Waals surface area (Å²) in [4.78, 5) is 0. The van der Waals surface area contributed by atoms with E-state index in [9.17, 15) is 0 Å². The molecule has 4 aromatic carbocycles. The minimum absolute atomic E-state index is 0.282. The molecule has 0 aromatic heterocycles. The highest BCUT2D eigenvalue weighted by Gasteiger charge is 2.63. The van der Waals surface area contributed by atoms with Crippen LogP contribution in [0.25, 0.3) is 0 Å². The molecule has 1 nitrogen and oxygen atoms in total. The average Bonchev–Trinajstić information content (AvgIpc) is 2.85. The predicted octanol–water partition coefficient (Wildman–Crippen LogP) is 7.91. The molecule has 0 saturated carbocycles. The zero-order chi connectivity index (χ0) is 22.9. The van der Waals surface area contributed by atoms with Gasteiger partial charge in [0.05, 0.1) is 11.0 Å². The molecule has 0 spiro atoms. The first-order valence-electron chi connectivity index (χ1n) is 11.9. The minimum Gasteiger partial charge on any atom is -0.407 e. The second kappa shape index (κ2) is 8.44. The molecular weight excluding hydrogens is 416 g/mol. The summed E-state index contributed by atoms with van der Waals surface area (Å²) in [6.07, 6.45) is 0. The van der Waals surface area contributed by atoms with Crippen molar-refractivity contribution in [2.75, 3.05) is 0 Å². The maximum Gasteiger partial charge on any atom is 0.188 e. The topological polar surface area (TPSA) is 9.23 Å². The first-order chi connectivity index (χ1) is 16.0. The molecule has 5 rings (SSSR count). The van der Waals surface area contributed by atoms with Crippen LogP contribution in [-0.2, 0) is 15.4 Å². The van der Waals surface area contributed by atoms with Crippen LogP contribution in [0.1, 0.15) is 35.1 Å². The lowest BCUT2D eigenvalue weighted by molar-refractivity contribution is -0.0246. The van der Waals surface area contributed by atoms with Gasteiger partial charge >= 0.3 is 0 Å². The Morgan fingerprint density at radius 3 is 1.45 bits per heavy atom. The van der Waals surface area contributed by atoms with Crippen molar-refractivity contribution in [3.05, 3.63) is 144 Å². The van der Waals surface area contributed by atoms with Gasteiger partial charge in [-0.2, -0.15) is 0 Å². The number of hydrogen-bond acceptors (Lipinski definition) is 1. The molecule has 2 heteroatoms. The zero-order valence-electron chi connectivity index (χ0n) is 19.7. The van der Waals surface area contributed by atoms with Crippen molar-refractivity contribution >= 4 is 8.32 Å². The number of benzene rings is 4. The summed E-state index contributed by atoms with van der Waals surface area (Å²) in [5.74, 6) is 0.282. The van der Waals surface area contributed by atoms with Gasteiger partial charge in [-0.05, 0) is 48.3 Å². The van der Waals surface area contributed by atoms with Crippen LogP contribution < -0.4 is 0 Å². The van der Waals surface area contributed by atoms with Gasteiger partial charge < -0.3 is 4.43 Å². The Hall–Kier alpha value is -2.94. The van der Waals surface area contributed by atoms with Crippen molar-refractivity contribution in [1.82, 2.24) is 0 Å². The maximum atomic E-state index is 7.36. The summed E-state index contributed by atoms with van der Waals surface area (Å²) in [6, 6.07) is 45.2. The molecule has 166 valence electrons. The van der Waals surface area contributed by atoms with Crippen molar-refractivity contribution in [3.8, 4) is 0 Å². The van der Waals surface area contributed by atoms with E-state index < -0.39 is 13.9 Å². The van der Waals surface area contributed by atoms with Crippen LogP contribution in [0.2, 0.25) is 19.1 Å². The van der Waals surface area contributed by atoms with Crippen molar-refractivity contribution in [1.29, 1.82) is 0 Å². The normalized spacial score (nSPS) is 23.7. The molecule has 2 atom stereocenters. The quantitative estimate of drug-likeness (QED) is 0.288. The van der Waals surface area contributed by atoms with Crippen LogP contribution in [0.5, 0.6) is 0 Å². The maximum absolute atomic E-state index is 7.36. The molecular formula is C31H32OSi. The van der Waals surface area contributed by atoms with Gasteiger partial charge in [-0.15, -0.1) is 0 Å². The summed E-state index contributed by atoms with van der Waals surface area (Å²) < 4.78 is 7.36. The van der Waals surface area contributed by atoms with Crippen molar-refractivity contribution in [3.63, 3.8) is 0 Å². The Labute approximate surface area is 199 Å². The van der Waals surface area contributed by atoms with E-state index in [0.717, 1.165) is 6.04 Å². The first kappa shape index (κ1) is 21.9. The van der Waals surface area contributed by atoms with Crippen LogP contribution in [0.3, 0.4) is 0 Å². The van der Waals surface area contributed by atoms with Crippen molar-refractivity contribution in [2.24, 2.45) is 0 Å². The van der Waals surface area contributed by atoms with Gasteiger partial charge in [0.15, 0.2) is 8.32 Å². The smallest absolute Gasteiger partial charge is 0.188 e. The molecule has 0 aliphatic carbocycles. The van der Waals surface area contributed by atoms with Gasteiger partial charge in [0, 0.05) is 5.92 Å². The van der Waals surface area contributed by atoms with Gasteiger partial charge in [0.2, 0.25) is 0 Å². The lowest BCUT2D eigenvalue weighted by Crippen LogP contribution is -2.62. The van der Waals surface area contributed by atoms with E-state index in [0.29, 0.717) is 0 Å². The summed E-state index contributed by atoms with van der Waals surface area (Å²) in [7, 11) is -2.01. The minimum atomic E-state index is -2.01. The lowest BCUT2D eigenvalue weighted by Gasteiger charge is -2.61. The molecule has 0 radical (unpaired) electrons. The summed E-state index contributed by atoms with van der Waals surface area (Å²) in [5.41, 5.74) is 4.31. The first-order valence-corrected chi connectivity index (χ1v) is 15.0. The fourth-order valence-corrected chi connectivity index (χ4v) is 9.26. The lowest BCUT2D eigenvalue weighted by atomic mass is 9.54. The number of hydrogen-bond donors (Lipinski definition) is 0. The van der Waals surface area contributed by atoms with E-state index in [1.54, 1.807) is 0 Å². The Kier molecular flexibility index (Phi) is 5.60. The third-order valence-corrected chi connectivity index (χ3v) is 9.79. The molecule has 1 aliphatic heterocycles. The van der Waals surface area contributed by atoms with E-state index in [4.69, 9.17) is 4.43 Å². The summed E-state index contributed by atoms with van der Waals surface area (Å²) in [5, 5.41) is 0. The predicted molar refractivity (Wildman–Crippen MR) is 140 cm³/mol. The van der Waals surface area contributed by atoms with Crippen LogP contribution in [-0.4, -0.2) is 8.32 Å². The van der Waals surface area contributed by atoms with Gasteiger partial charge in [-0.1, -0.05) is 121 Å². The molecule has 1 heterocycles. The summed E-state index contributed by atoms with van der Waals surface area (Å²) >= 11 is 0. The fourth-order valence-electron chi connectivity index (χ4n) is 6.27. The molecule has 0 bridgehead atoms. The molecule has 1 fully saturated rings. The zero-order valence-corrected chi connectivity index (χ0v) is 20.7. The molecule has 0 N–H and O–H groups in total. The van der Waals surface area contributed by atoms with Gasteiger partial charge in [0.25, 0.3) is 0 Å². The largest absolute Gasteiger partial charge is 0.407 e. The Bertz CT molecular complexity index is 1150. The SMILES string of the molecule is CC1(c2ccccc2)O[Si](C)(C)CC(c2ccccc2)C1(c1ccccc1)c1ccccc1. The average molecular weight is 449 g/mol. The van der Waals surface area contributed by atoms with E-state index in [2.05, 4.69) is 141 Å². The highest BCUT2D eigenvalue weighted by Crippen LogP contribution is 2.63. The van der Waals surface area contributed by atoms with Gasteiger partial charge in [-0.3, -0.25) is 0 Å². The molecule has 33 heavy (non-hydrogen) atoms. The highest BCUT2D eigenvalue weighted by molar-refractivity contribution is 6.71. The van der Waals surface area contributed by atoms with Crippen LogP contribution in [0, 0.1) is 0 Å². The second-order valence-corrected chi connectivity index (χ2v) is 14.1. The Morgan fingerprint density at radius 1 is 0.606 bits per heavy atom. The van der Waals surface area contributed by atoms with Crippen molar-refractivity contribution in [2.45, 2.75) is 43.0 Å². The molecule has 0 amide bonds. The Balaban J connectivity index is 1.93. The standard InChI is InChI=1S/C31H32OSi/c1-30(26-18-10-5-11-19-26)31(27-20-12-6-13-21-27,28-22-14-7-15-23-28)29(24-33(2,3)32-30)25-16-8-4-9-17-25/h4-23,29H,24H2,1-3H3. The third-order valence-electron chi connectivity index (χ3n) is 7.44. The van der Waals surface area contributed by atoms with Crippen LogP contribution in [0.15, 0.2) is 121 Å². The van der Waals surface area contributed by atoms with E-state index in [1.807, 2.05) is 0 Å². The van der Waals surface area contributed by atoms with Crippen molar-refractivity contribution < 1.29 is 4.43 Å². The Morgan fingerprint density at radius 2 is 1.00 bits per heavy atom. The monoisotopic (exact) mass is 448 g/mol. The molecule has 1 aliphatic rings. The van der Waals surface area contributed by atoms with Gasteiger partial charge in [-0.25, -0.2) is 0 Å². The van der Waals surface area contributed by atoms with E-state index >= 15 is 0 Å². The fraction of sp³-hybridized carbons (Fsp3) is 0.226. The molecule has 4 aromatic rings. The summed E-state index contributed by atoms with van der Waals surface area (Å²) in [6.45, 7) is 7.10. The van der Waals surface area contributed by atoms with E-state index in [1.165, 1.54) is 22.3 Å². The molecule has 1 saturated heterocycles. The third kappa shape index (κ3) is 3.58. The van der Waals surface area contributed by atoms with Gasteiger partial charge in [0.1, 0.15) is 0 Å².